The van der Waals surface area contributed by atoms with Gasteiger partial charge < -0.3 is 4.74 Å². The van der Waals surface area contributed by atoms with Crippen LogP contribution in [0.15, 0.2) is 36.5 Å². The molecule has 2 heteroatoms. The molecule has 0 rings (SSSR count). The highest BCUT2D eigenvalue weighted by Crippen LogP contribution is 2.05. The smallest absolute Gasteiger partial charge is 0.293 e. The molecule has 0 aromatic rings. The molecule has 0 aliphatic heterocycles. The van der Waals surface area contributed by atoms with Crippen molar-refractivity contribution in [3.8, 4) is 0 Å². The van der Waals surface area contributed by atoms with Crippen LogP contribution in [0.3, 0.4) is 0 Å². The average Bonchev–Trinajstić information content (AvgIpc) is 2.14. The monoisotopic (exact) mass is 180 g/mol. The van der Waals surface area contributed by atoms with Crippen LogP contribution in [0.5, 0.6) is 0 Å². The highest BCUT2D eigenvalue weighted by atomic mass is 16.5. The van der Waals surface area contributed by atoms with Gasteiger partial charge in [-0.25, -0.2) is 0 Å². The van der Waals surface area contributed by atoms with Gasteiger partial charge >= 0.3 is 0 Å². The average molecular weight is 180 g/mol. The molecule has 0 radical (unpaired) electrons. The molecule has 0 heterocycles. The second kappa shape index (κ2) is 7.35. The van der Waals surface area contributed by atoms with Crippen LogP contribution in [-0.2, 0) is 9.53 Å². The van der Waals surface area contributed by atoms with E-state index in [-0.39, 0.29) is 0 Å². The van der Waals surface area contributed by atoms with Gasteiger partial charge in [0.25, 0.3) is 6.47 Å². The van der Waals surface area contributed by atoms with E-state index in [0.717, 1.165) is 24.0 Å². The number of hydrogen-bond acceptors (Lipinski definition) is 2. The molecule has 0 aliphatic carbocycles. The zero-order chi connectivity index (χ0) is 10.1. The topological polar surface area (TPSA) is 26.3 Å². The molecule has 2 nitrogen and oxygen atoms in total. The third-order valence-corrected chi connectivity index (χ3v) is 1.63. The fourth-order valence-electron chi connectivity index (χ4n) is 0.830. The summed E-state index contributed by atoms with van der Waals surface area (Å²) >= 11 is 0. The zero-order valence-electron chi connectivity index (χ0n) is 8.08. The molecule has 13 heavy (non-hydrogen) atoms. The first-order valence-electron chi connectivity index (χ1n) is 4.21. The van der Waals surface area contributed by atoms with Crippen LogP contribution < -0.4 is 0 Å². The van der Waals surface area contributed by atoms with E-state index in [0.29, 0.717) is 13.1 Å². The predicted octanol–water partition coefficient (Wildman–Crippen LogP) is 2.63. The number of allylic oxidation sites excluding steroid dienone is 3. The maximum Gasteiger partial charge on any atom is 0.293 e. The minimum atomic E-state index is 0.379. The second-order valence-corrected chi connectivity index (χ2v) is 2.86. The second-order valence-electron chi connectivity index (χ2n) is 2.86. The van der Waals surface area contributed by atoms with Crippen molar-refractivity contribution in [2.24, 2.45) is 0 Å². The molecular formula is C11H16O2. The van der Waals surface area contributed by atoms with Gasteiger partial charge in [0.2, 0.25) is 0 Å². The number of hydrogen-bond donors (Lipinski definition) is 0. The summed E-state index contributed by atoms with van der Waals surface area (Å²) in [4.78, 5) is 9.86. The number of carbonyl (C=O) groups excluding carboxylic acids is 1. The first-order valence-corrected chi connectivity index (χ1v) is 4.21. The molecular weight excluding hydrogens is 164 g/mol. The summed E-state index contributed by atoms with van der Waals surface area (Å²) in [5.74, 6) is 0. The van der Waals surface area contributed by atoms with Gasteiger partial charge in [0.15, 0.2) is 0 Å². The van der Waals surface area contributed by atoms with Gasteiger partial charge in [-0.2, -0.15) is 0 Å². The van der Waals surface area contributed by atoms with Crippen LogP contribution in [-0.4, -0.2) is 13.1 Å². The first kappa shape index (κ1) is 11.7. The fraction of sp³-hybridized carbons (Fsp3) is 0.364. The lowest BCUT2D eigenvalue weighted by molar-refractivity contribution is -0.127. The van der Waals surface area contributed by atoms with Crippen LogP contribution in [0.1, 0.15) is 19.8 Å². The Labute approximate surface area is 79.6 Å². The van der Waals surface area contributed by atoms with Crippen molar-refractivity contribution in [3.05, 3.63) is 36.5 Å². The summed E-state index contributed by atoms with van der Waals surface area (Å²) < 4.78 is 4.59. The zero-order valence-corrected chi connectivity index (χ0v) is 8.08. The number of ether oxygens (including phenoxy) is 1. The lowest BCUT2D eigenvalue weighted by Gasteiger charge is -1.99. The molecule has 0 aromatic carbocycles. The summed E-state index contributed by atoms with van der Waals surface area (Å²) in [6, 6.07) is 0. The van der Waals surface area contributed by atoms with Crippen molar-refractivity contribution >= 4 is 6.47 Å². The molecule has 72 valence electrons. The summed E-state index contributed by atoms with van der Waals surface area (Å²) in [6.07, 6.45) is 5.62. The van der Waals surface area contributed by atoms with Crippen LogP contribution >= 0.6 is 0 Å². The third-order valence-electron chi connectivity index (χ3n) is 1.63. The minimum absolute atomic E-state index is 0.379. The maximum atomic E-state index is 9.86. The van der Waals surface area contributed by atoms with Crippen LogP contribution in [0.25, 0.3) is 0 Å². The molecule has 0 fully saturated rings. The molecule has 0 aromatic heterocycles. The van der Waals surface area contributed by atoms with Crippen LogP contribution in [0, 0.1) is 0 Å². The lowest BCUT2D eigenvalue weighted by Crippen LogP contribution is -1.92. The Balaban J connectivity index is 3.63. The van der Waals surface area contributed by atoms with Gasteiger partial charge in [0.05, 0.1) is 0 Å². The van der Waals surface area contributed by atoms with E-state index < -0.39 is 0 Å². The molecule has 0 amide bonds. The largest absolute Gasteiger partial charge is 0.463 e. The normalized spacial score (nSPS) is 10.7. The Hall–Kier alpha value is -1.31. The quantitative estimate of drug-likeness (QED) is 0.342. The van der Waals surface area contributed by atoms with Crippen molar-refractivity contribution in [2.75, 3.05) is 6.61 Å². The van der Waals surface area contributed by atoms with Gasteiger partial charge in [-0.15, -0.1) is 0 Å². The van der Waals surface area contributed by atoms with E-state index in [9.17, 15) is 4.79 Å². The van der Waals surface area contributed by atoms with Crippen LogP contribution in [0.2, 0.25) is 0 Å². The van der Waals surface area contributed by atoms with Crippen molar-refractivity contribution in [1.82, 2.24) is 0 Å². The number of carbonyl (C=O) groups is 1. The highest BCUT2D eigenvalue weighted by molar-refractivity contribution is 5.37. The van der Waals surface area contributed by atoms with Crippen molar-refractivity contribution in [1.29, 1.82) is 0 Å². The summed E-state index contributed by atoms with van der Waals surface area (Å²) in [5.41, 5.74) is 2.09. The predicted molar refractivity (Wildman–Crippen MR) is 54.3 cm³/mol. The molecule has 0 atom stereocenters. The molecule has 0 saturated heterocycles. The highest BCUT2D eigenvalue weighted by Gasteiger charge is 1.90. The molecule has 0 aliphatic rings. The van der Waals surface area contributed by atoms with Crippen molar-refractivity contribution in [3.63, 3.8) is 0 Å². The van der Waals surface area contributed by atoms with E-state index in [1.807, 2.05) is 13.0 Å². The fourth-order valence-corrected chi connectivity index (χ4v) is 0.830. The SMILES string of the molecule is C=CC(=C)CCC=C(C)COC=O. The van der Waals surface area contributed by atoms with E-state index in [4.69, 9.17) is 0 Å². The Morgan fingerprint density at radius 1 is 1.54 bits per heavy atom. The first-order chi connectivity index (χ1) is 6.20. The molecule has 0 N–H and O–H groups in total. The standard InChI is InChI=1S/C11H16O2/c1-4-10(2)6-5-7-11(3)8-13-9-12/h4,7,9H,1-2,5-6,8H2,3H3. The summed E-state index contributed by atoms with van der Waals surface area (Å²) in [5, 5.41) is 0. The molecule has 0 spiro atoms. The minimum Gasteiger partial charge on any atom is -0.463 e. The van der Waals surface area contributed by atoms with Crippen molar-refractivity contribution in [2.45, 2.75) is 19.8 Å². The van der Waals surface area contributed by atoms with E-state index in [1.54, 1.807) is 6.08 Å². The Morgan fingerprint density at radius 2 is 2.23 bits per heavy atom. The van der Waals surface area contributed by atoms with E-state index in [1.165, 1.54) is 0 Å². The maximum absolute atomic E-state index is 9.86. The van der Waals surface area contributed by atoms with Gasteiger partial charge in [-0.1, -0.05) is 30.9 Å². The Bertz CT molecular complexity index is 214. The van der Waals surface area contributed by atoms with E-state index in [2.05, 4.69) is 17.9 Å². The Morgan fingerprint density at radius 3 is 2.77 bits per heavy atom. The lowest BCUT2D eigenvalue weighted by atomic mass is 10.1. The number of rotatable bonds is 7. The summed E-state index contributed by atoms with van der Waals surface area (Å²) in [7, 11) is 0. The van der Waals surface area contributed by atoms with Gasteiger partial charge in [0, 0.05) is 0 Å². The molecule has 0 saturated carbocycles. The third kappa shape index (κ3) is 7.06. The Kier molecular flexibility index (Phi) is 6.60. The van der Waals surface area contributed by atoms with Gasteiger partial charge in [0.1, 0.15) is 6.61 Å². The van der Waals surface area contributed by atoms with Gasteiger partial charge in [-0.3, -0.25) is 4.79 Å². The van der Waals surface area contributed by atoms with Crippen molar-refractivity contribution < 1.29 is 9.53 Å². The summed E-state index contributed by atoms with van der Waals surface area (Å²) in [6.45, 7) is 10.2. The van der Waals surface area contributed by atoms with E-state index >= 15 is 0 Å². The molecule has 0 unspecified atom stereocenters. The van der Waals surface area contributed by atoms with Crippen LogP contribution in [0.4, 0.5) is 0 Å². The van der Waals surface area contributed by atoms with Gasteiger partial charge in [-0.05, 0) is 25.3 Å². The molecule has 0 bridgehead atoms.